The lowest BCUT2D eigenvalue weighted by molar-refractivity contribution is -0.148. The molecule has 6 heteroatoms. The van der Waals surface area contributed by atoms with E-state index in [-0.39, 0.29) is 23.7 Å². The zero-order chi connectivity index (χ0) is 15.7. The largest absolute Gasteiger partial charge is 0.469 e. The van der Waals surface area contributed by atoms with Crippen LogP contribution >= 0.6 is 0 Å². The van der Waals surface area contributed by atoms with E-state index in [2.05, 4.69) is 10.3 Å². The van der Waals surface area contributed by atoms with Crippen molar-refractivity contribution in [3.63, 3.8) is 0 Å². The lowest BCUT2D eigenvalue weighted by Crippen LogP contribution is -2.30. The van der Waals surface area contributed by atoms with E-state index >= 15 is 0 Å². The van der Waals surface area contributed by atoms with Crippen LogP contribution in [0, 0.1) is 18.8 Å². The molecule has 3 rings (SSSR count). The first-order valence-electron chi connectivity index (χ1n) is 7.34. The van der Waals surface area contributed by atoms with Gasteiger partial charge in [-0.3, -0.25) is 9.59 Å². The number of aromatic nitrogens is 1. The van der Waals surface area contributed by atoms with Gasteiger partial charge in [0.2, 0.25) is 5.91 Å². The van der Waals surface area contributed by atoms with E-state index in [0.29, 0.717) is 35.5 Å². The highest BCUT2D eigenvalue weighted by Gasteiger charge is 2.38. The number of carbonyl (C=O) groups is 2. The normalized spacial score (nSPS) is 21.0. The summed E-state index contributed by atoms with van der Waals surface area (Å²) in [5, 5.41) is 2.87. The molecule has 1 amide bonds. The lowest BCUT2D eigenvalue weighted by atomic mass is 9.95. The second-order valence-corrected chi connectivity index (χ2v) is 5.57. The minimum absolute atomic E-state index is 0.146. The quantitative estimate of drug-likeness (QED) is 0.881. The van der Waals surface area contributed by atoms with E-state index < -0.39 is 0 Å². The van der Waals surface area contributed by atoms with Crippen molar-refractivity contribution in [1.29, 1.82) is 0 Å². The molecule has 1 N–H and O–H groups in total. The summed E-state index contributed by atoms with van der Waals surface area (Å²) in [6.07, 6.45) is 2.27. The van der Waals surface area contributed by atoms with Gasteiger partial charge in [0.05, 0.1) is 18.9 Å². The third-order valence-corrected chi connectivity index (χ3v) is 4.12. The van der Waals surface area contributed by atoms with Gasteiger partial charge in [-0.2, -0.15) is 0 Å². The number of benzene rings is 1. The molecule has 0 bridgehead atoms. The molecule has 1 aliphatic carbocycles. The van der Waals surface area contributed by atoms with E-state index in [1.165, 1.54) is 7.11 Å². The second-order valence-electron chi connectivity index (χ2n) is 5.57. The molecular weight excluding hydrogens is 284 g/mol. The first-order valence-corrected chi connectivity index (χ1v) is 7.34. The summed E-state index contributed by atoms with van der Waals surface area (Å²) in [5.41, 5.74) is 2.04. The molecule has 116 valence electrons. The highest BCUT2D eigenvalue weighted by atomic mass is 16.5. The number of esters is 1. The van der Waals surface area contributed by atoms with Gasteiger partial charge in [0.1, 0.15) is 5.52 Å². The fourth-order valence-corrected chi connectivity index (χ4v) is 3.06. The summed E-state index contributed by atoms with van der Waals surface area (Å²) in [6.45, 7) is 1.78. The molecule has 0 spiro atoms. The van der Waals surface area contributed by atoms with Crippen LogP contribution in [0.25, 0.3) is 11.1 Å². The number of aryl methyl sites for hydroxylation is 1. The summed E-state index contributed by atoms with van der Waals surface area (Å²) in [6, 6.07) is 5.32. The molecular formula is C16H18N2O4. The van der Waals surface area contributed by atoms with Crippen LogP contribution in [0.1, 0.15) is 25.2 Å². The van der Waals surface area contributed by atoms with Crippen molar-refractivity contribution in [3.05, 3.63) is 24.1 Å². The average Bonchev–Trinajstić information content (AvgIpc) is 3.11. The van der Waals surface area contributed by atoms with Crippen LogP contribution in [0.2, 0.25) is 0 Å². The van der Waals surface area contributed by atoms with Crippen LogP contribution in [0.5, 0.6) is 0 Å². The Labute approximate surface area is 127 Å². The molecule has 0 radical (unpaired) electrons. The van der Waals surface area contributed by atoms with Gasteiger partial charge in [-0.25, -0.2) is 4.98 Å². The number of carbonyl (C=O) groups excluding carboxylic acids is 2. The zero-order valence-corrected chi connectivity index (χ0v) is 12.6. The van der Waals surface area contributed by atoms with Crippen molar-refractivity contribution in [2.75, 3.05) is 12.4 Å². The monoisotopic (exact) mass is 302 g/mol. The molecule has 1 aromatic heterocycles. The van der Waals surface area contributed by atoms with Gasteiger partial charge in [-0.1, -0.05) is 6.42 Å². The van der Waals surface area contributed by atoms with Gasteiger partial charge in [0.25, 0.3) is 0 Å². The van der Waals surface area contributed by atoms with Crippen LogP contribution in [0.4, 0.5) is 5.69 Å². The summed E-state index contributed by atoms with van der Waals surface area (Å²) in [5.74, 6) is -0.544. The van der Waals surface area contributed by atoms with E-state index in [9.17, 15) is 9.59 Å². The minimum atomic E-state index is -0.344. The molecule has 2 atom stereocenters. The predicted molar refractivity (Wildman–Crippen MR) is 80.2 cm³/mol. The zero-order valence-electron chi connectivity index (χ0n) is 12.6. The minimum Gasteiger partial charge on any atom is -0.469 e. The Morgan fingerprint density at radius 2 is 2.09 bits per heavy atom. The number of hydrogen-bond donors (Lipinski definition) is 1. The van der Waals surface area contributed by atoms with Crippen molar-refractivity contribution in [3.8, 4) is 0 Å². The molecule has 1 heterocycles. The van der Waals surface area contributed by atoms with Gasteiger partial charge in [0, 0.05) is 12.6 Å². The second kappa shape index (κ2) is 5.79. The van der Waals surface area contributed by atoms with Crippen molar-refractivity contribution in [2.24, 2.45) is 11.8 Å². The molecule has 0 unspecified atom stereocenters. The van der Waals surface area contributed by atoms with Crippen LogP contribution in [-0.2, 0) is 14.3 Å². The van der Waals surface area contributed by atoms with Gasteiger partial charge in [-0.15, -0.1) is 0 Å². The number of nitrogens with one attached hydrogen (secondary N) is 1. The lowest BCUT2D eigenvalue weighted by Gasteiger charge is -2.17. The molecule has 0 saturated heterocycles. The highest BCUT2D eigenvalue weighted by Crippen LogP contribution is 2.33. The Morgan fingerprint density at radius 1 is 1.32 bits per heavy atom. The summed E-state index contributed by atoms with van der Waals surface area (Å²) >= 11 is 0. The van der Waals surface area contributed by atoms with E-state index in [1.54, 1.807) is 25.1 Å². The molecule has 1 fully saturated rings. The third-order valence-electron chi connectivity index (χ3n) is 4.12. The number of hydrogen-bond acceptors (Lipinski definition) is 5. The van der Waals surface area contributed by atoms with Gasteiger partial charge in [-0.05, 0) is 31.0 Å². The number of amides is 1. The maximum atomic E-state index is 12.4. The number of rotatable bonds is 3. The number of nitrogens with zero attached hydrogens (tertiary/aromatic N) is 1. The molecule has 1 aromatic carbocycles. The molecule has 0 aliphatic heterocycles. The van der Waals surface area contributed by atoms with Gasteiger partial charge in [0.15, 0.2) is 11.5 Å². The molecule has 1 saturated carbocycles. The van der Waals surface area contributed by atoms with Crippen LogP contribution < -0.4 is 5.32 Å². The molecule has 1 aliphatic rings. The highest BCUT2D eigenvalue weighted by molar-refractivity contribution is 5.96. The number of fused-ring (bicyclic) bond motifs is 1. The standard InChI is InChI=1S/C16H18N2O4/c1-9-17-13-8-10(6-7-14(13)22-9)18-15(19)11-4-3-5-12(11)16(20)21-2/h6-8,11-12H,3-5H2,1-2H3,(H,18,19)/t11-,12+/m0/s1. The number of anilines is 1. The van der Waals surface area contributed by atoms with Crippen molar-refractivity contribution >= 4 is 28.7 Å². The Kier molecular flexibility index (Phi) is 3.83. The maximum absolute atomic E-state index is 12.4. The Bertz CT molecular complexity index is 722. The smallest absolute Gasteiger partial charge is 0.309 e. The fraction of sp³-hybridized carbons (Fsp3) is 0.438. The number of oxazole rings is 1. The van der Waals surface area contributed by atoms with Crippen LogP contribution in [0.3, 0.4) is 0 Å². The number of methoxy groups -OCH3 is 1. The Balaban J connectivity index is 1.76. The summed E-state index contributed by atoms with van der Waals surface area (Å²) < 4.78 is 10.2. The maximum Gasteiger partial charge on any atom is 0.309 e. The van der Waals surface area contributed by atoms with E-state index in [4.69, 9.17) is 9.15 Å². The fourth-order valence-electron chi connectivity index (χ4n) is 3.06. The van der Waals surface area contributed by atoms with Gasteiger partial charge >= 0.3 is 5.97 Å². The summed E-state index contributed by atoms with van der Waals surface area (Å²) in [7, 11) is 1.36. The first kappa shape index (κ1) is 14.6. The van der Waals surface area contributed by atoms with Crippen molar-refractivity contribution in [2.45, 2.75) is 26.2 Å². The molecule has 6 nitrogen and oxygen atoms in total. The van der Waals surface area contributed by atoms with Crippen LogP contribution in [-0.4, -0.2) is 24.0 Å². The SMILES string of the molecule is COC(=O)[C@@H]1CCC[C@@H]1C(=O)Nc1ccc2oc(C)nc2c1. The summed E-state index contributed by atoms with van der Waals surface area (Å²) in [4.78, 5) is 28.4. The van der Waals surface area contributed by atoms with E-state index in [1.807, 2.05) is 0 Å². The molecule has 2 aromatic rings. The molecule has 22 heavy (non-hydrogen) atoms. The van der Waals surface area contributed by atoms with E-state index in [0.717, 1.165) is 6.42 Å². The Hall–Kier alpha value is -2.37. The topological polar surface area (TPSA) is 81.4 Å². The van der Waals surface area contributed by atoms with Crippen molar-refractivity contribution in [1.82, 2.24) is 4.98 Å². The average molecular weight is 302 g/mol. The van der Waals surface area contributed by atoms with Crippen LogP contribution in [0.15, 0.2) is 22.6 Å². The van der Waals surface area contributed by atoms with Gasteiger partial charge < -0.3 is 14.5 Å². The van der Waals surface area contributed by atoms with Crippen molar-refractivity contribution < 1.29 is 18.7 Å². The first-order chi connectivity index (χ1) is 10.6. The number of ether oxygens (including phenoxy) is 1. The Morgan fingerprint density at radius 3 is 2.86 bits per heavy atom. The predicted octanol–water partition coefficient (Wildman–Crippen LogP) is 2.66. The third kappa shape index (κ3) is 2.68.